The molecule has 156 valence electrons. The summed E-state index contributed by atoms with van der Waals surface area (Å²) in [5, 5.41) is 2.75. The van der Waals surface area contributed by atoms with Crippen LogP contribution >= 0.6 is 0 Å². The number of carbonyl (C=O) groups is 1. The highest BCUT2D eigenvalue weighted by Crippen LogP contribution is 2.27. The molecule has 0 radical (unpaired) electrons. The lowest BCUT2D eigenvalue weighted by molar-refractivity contribution is 0.102. The Kier molecular flexibility index (Phi) is 6.79. The Bertz CT molecular complexity index is 1050. The molecule has 1 aromatic carbocycles. The maximum atomic E-state index is 13.2. The number of nitrogens with zero attached hydrogens (tertiary/aromatic N) is 3. The first-order valence-corrected chi connectivity index (χ1v) is 10.6. The van der Waals surface area contributed by atoms with Gasteiger partial charge in [0.2, 0.25) is 0 Å². The van der Waals surface area contributed by atoms with Crippen LogP contribution in [-0.4, -0.2) is 41.3 Å². The van der Waals surface area contributed by atoms with E-state index in [1.54, 1.807) is 43.8 Å². The third-order valence-corrected chi connectivity index (χ3v) is 6.20. The molecule has 0 spiro atoms. The van der Waals surface area contributed by atoms with Crippen LogP contribution in [0.15, 0.2) is 66.0 Å². The van der Waals surface area contributed by atoms with Crippen molar-refractivity contribution in [3.63, 3.8) is 0 Å². The van der Waals surface area contributed by atoms with Crippen LogP contribution in [0.2, 0.25) is 0 Å². The highest BCUT2D eigenvalue weighted by atomic mass is 32.2. The van der Waals surface area contributed by atoms with E-state index in [2.05, 4.69) is 15.3 Å². The first-order chi connectivity index (χ1) is 14.4. The van der Waals surface area contributed by atoms with Gasteiger partial charge in [0.15, 0.2) is 0 Å². The number of rotatable bonds is 7. The molecule has 0 saturated heterocycles. The molecule has 30 heavy (non-hydrogen) atoms. The second kappa shape index (κ2) is 9.49. The summed E-state index contributed by atoms with van der Waals surface area (Å²) in [5.41, 5.74) is 1.75. The van der Waals surface area contributed by atoms with E-state index >= 15 is 0 Å². The van der Waals surface area contributed by atoms with Crippen molar-refractivity contribution in [2.24, 2.45) is 0 Å². The first-order valence-electron chi connectivity index (χ1n) is 9.35. The van der Waals surface area contributed by atoms with Gasteiger partial charge in [0.1, 0.15) is 16.6 Å². The van der Waals surface area contributed by atoms with Crippen LogP contribution in [0, 0.1) is 0 Å². The van der Waals surface area contributed by atoms with Crippen molar-refractivity contribution in [1.29, 1.82) is 0 Å². The summed E-state index contributed by atoms with van der Waals surface area (Å²) in [4.78, 5) is 23.3. The molecular weight excluding hydrogens is 400 g/mol. The van der Waals surface area contributed by atoms with Crippen molar-refractivity contribution >= 4 is 28.2 Å². The SMILES string of the molecule is COc1ccc(C(C)S(=O)c2ncccc2C(=O)Nc2ccnc(N(C)C)c2)cc1. The number of methoxy groups -OCH3 is 1. The summed E-state index contributed by atoms with van der Waals surface area (Å²) in [5.74, 6) is 1.07. The van der Waals surface area contributed by atoms with Gasteiger partial charge in [-0.2, -0.15) is 0 Å². The molecule has 1 amide bonds. The molecule has 0 bridgehead atoms. The monoisotopic (exact) mass is 424 g/mol. The third-order valence-electron chi connectivity index (χ3n) is 4.57. The quantitative estimate of drug-likeness (QED) is 0.623. The second-order valence-corrected chi connectivity index (χ2v) is 8.51. The predicted octanol–water partition coefficient (Wildman–Crippen LogP) is 3.67. The van der Waals surface area contributed by atoms with E-state index in [1.165, 1.54) is 0 Å². The van der Waals surface area contributed by atoms with Gasteiger partial charge in [-0.15, -0.1) is 0 Å². The van der Waals surface area contributed by atoms with E-state index in [-0.39, 0.29) is 21.7 Å². The molecule has 8 heteroatoms. The Morgan fingerprint density at radius 2 is 1.83 bits per heavy atom. The molecule has 2 aromatic heterocycles. The van der Waals surface area contributed by atoms with E-state index in [0.29, 0.717) is 5.69 Å². The van der Waals surface area contributed by atoms with Crippen LogP contribution in [0.25, 0.3) is 0 Å². The predicted molar refractivity (Wildman–Crippen MR) is 119 cm³/mol. The lowest BCUT2D eigenvalue weighted by atomic mass is 10.1. The minimum absolute atomic E-state index is 0.250. The molecule has 0 saturated carbocycles. The lowest BCUT2D eigenvalue weighted by Crippen LogP contribution is -2.18. The summed E-state index contributed by atoms with van der Waals surface area (Å²) in [6.07, 6.45) is 3.17. The Hall–Kier alpha value is -3.26. The molecule has 0 aliphatic carbocycles. The number of nitrogens with one attached hydrogen (secondary N) is 1. The Balaban J connectivity index is 1.84. The van der Waals surface area contributed by atoms with Gasteiger partial charge in [-0.1, -0.05) is 12.1 Å². The van der Waals surface area contributed by atoms with Gasteiger partial charge in [0.25, 0.3) is 5.91 Å². The zero-order valence-electron chi connectivity index (χ0n) is 17.3. The van der Waals surface area contributed by atoms with E-state index in [0.717, 1.165) is 17.1 Å². The van der Waals surface area contributed by atoms with Gasteiger partial charge in [-0.05, 0) is 42.8 Å². The Morgan fingerprint density at radius 1 is 1.10 bits per heavy atom. The Morgan fingerprint density at radius 3 is 2.50 bits per heavy atom. The fraction of sp³-hybridized carbons (Fsp3) is 0.227. The van der Waals surface area contributed by atoms with E-state index < -0.39 is 10.8 Å². The van der Waals surface area contributed by atoms with Crippen LogP contribution in [0.3, 0.4) is 0 Å². The second-order valence-electron chi connectivity index (χ2n) is 6.82. The first kappa shape index (κ1) is 21.4. The lowest BCUT2D eigenvalue weighted by Gasteiger charge is -2.15. The largest absolute Gasteiger partial charge is 0.497 e. The molecule has 2 heterocycles. The molecule has 7 nitrogen and oxygen atoms in total. The van der Waals surface area contributed by atoms with Crippen molar-refractivity contribution in [3.05, 3.63) is 72.1 Å². The topological polar surface area (TPSA) is 84.4 Å². The van der Waals surface area contributed by atoms with Gasteiger partial charge in [0.05, 0.1) is 28.7 Å². The van der Waals surface area contributed by atoms with Gasteiger partial charge >= 0.3 is 0 Å². The fourth-order valence-electron chi connectivity index (χ4n) is 2.83. The molecular formula is C22H24N4O3S. The van der Waals surface area contributed by atoms with E-state index in [4.69, 9.17) is 4.74 Å². The molecule has 2 atom stereocenters. The van der Waals surface area contributed by atoms with Crippen molar-refractivity contribution in [1.82, 2.24) is 9.97 Å². The Labute approximate surface area is 178 Å². The summed E-state index contributed by atoms with van der Waals surface area (Å²) in [7, 11) is 3.82. The van der Waals surface area contributed by atoms with Gasteiger partial charge in [0, 0.05) is 38.2 Å². The number of hydrogen-bond donors (Lipinski definition) is 1. The third kappa shape index (κ3) is 4.83. The van der Waals surface area contributed by atoms with Crippen LogP contribution < -0.4 is 15.0 Å². The molecule has 0 fully saturated rings. The molecule has 3 rings (SSSR count). The zero-order chi connectivity index (χ0) is 21.7. The van der Waals surface area contributed by atoms with E-state index in [1.807, 2.05) is 50.2 Å². The van der Waals surface area contributed by atoms with Crippen LogP contribution in [-0.2, 0) is 10.8 Å². The fourth-order valence-corrected chi connectivity index (χ4v) is 4.11. The number of ether oxygens (including phenoxy) is 1. The molecule has 2 unspecified atom stereocenters. The highest BCUT2D eigenvalue weighted by molar-refractivity contribution is 7.85. The average molecular weight is 425 g/mol. The molecule has 0 aliphatic heterocycles. The smallest absolute Gasteiger partial charge is 0.258 e. The van der Waals surface area contributed by atoms with Crippen molar-refractivity contribution in [2.75, 3.05) is 31.4 Å². The van der Waals surface area contributed by atoms with Crippen LogP contribution in [0.5, 0.6) is 5.75 Å². The van der Waals surface area contributed by atoms with Crippen LogP contribution in [0.1, 0.15) is 28.1 Å². The standard InChI is InChI=1S/C22H24N4O3S/c1-15(16-7-9-18(29-4)10-8-16)30(28)22-19(6-5-12-24-22)21(27)25-17-11-13-23-20(14-17)26(2)3/h5-15H,1-4H3,(H,23,25,27). The minimum atomic E-state index is -1.52. The molecule has 1 N–H and O–H groups in total. The molecule has 3 aromatic rings. The van der Waals surface area contributed by atoms with Gasteiger partial charge in [-0.25, -0.2) is 9.97 Å². The number of carbonyl (C=O) groups excluding carboxylic acids is 1. The van der Waals surface area contributed by atoms with Crippen molar-refractivity contribution in [2.45, 2.75) is 17.2 Å². The highest BCUT2D eigenvalue weighted by Gasteiger charge is 2.23. The van der Waals surface area contributed by atoms with E-state index in [9.17, 15) is 9.00 Å². The average Bonchev–Trinajstić information content (AvgIpc) is 2.78. The maximum absolute atomic E-state index is 13.2. The summed E-state index contributed by atoms with van der Waals surface area (Å²) in [6.45, 7) is 1.85. The summed E-state index contributed by atoms with van der Waals surface area (Å²) >= 11 is 0. The molecule has 0 aliphatic rings. The van der Waals surface area contributed by atoms with Crippen LogP contribution in [0.4, 0.5) is 11.5 Å². The number of amides is 1. The zero-order valence-corrected chi connectivity index (χ0v) is 18.1. The number of anilines is 2. The van der Waals surface area contributed by atoms with Gasteiger partial charge in [-0.3, -0.25) is 9.00 Å². The number of aromatic nitrogens is 2. The summed E-state index contributed by atoms with van der Waals surface area (Å²) in [6, 6.07) is 14.1. The number of hydrogen-bond acceptors (Lipinski definition) is 6. The summed E-state index contributed by atoms with van der Waals surface area (Å²) < 4.78 is 18.4. The normalized spacial score (nSPS) is 12.7. The van der Waals surface area contributed by atoms with Crippen molar-refractivity contribution < 1.29 is 13.7 Å². The maximum Gasteiger partial charge on any atom is 0.258 e. The number of benzene rings is 1. The van der Waals surface area contributed by atoms with Gasteiger partial charge < -0.3 is 15.0 Å². The minimum Gasteiger partial charge on any atom is -0.497 e. The number of pyridine rings is 2. The van der Waals surface area contributed by atoms with Crippen molar-refractivity contribution in [3.8, 4) is 5.75 Å².